The first-order valence-electron chi connectivity index (χ1n) is 7.87. The minimum absolute atomic E-state index is 0.0295. The predicted octanol–water partition coefficient (Wildman–Crippen LogP) is 2.16. The van der Waals surface area contributed by atoms with Gasteiger partial charge in [0.2, 0.25) is 0 Å². The minimum atomic E-state index is -0.756. The van der Waals surface area contributed by atoms with E-state index in [9.17, 15) is 20.0 Å². The van der Waals surface area contributed by atoms with Gasteiger partial charge in [-0.25, -0.2) is 5.43 Å². The summed E-state index contributed by atoms with van der Waals surface area (Å²) in [5, 5.41) is 28.9. The van der Waals surface area contributed by atoms with Gasteiger partial charge in [-0.2, -0.15) is 5.10 Å². The van der Waals surface area contributed by atoms with Crippen molar-refractivity contribution in [3.05, 3.63) is 62.7 Å². The van der Waals surface area contributed by atoms with Crippen LogP contribution in [0.3, 0.4) is 0 Å². The van der Waals surface area contributed by atoms with Gasteiger partial charge in [0.1, 0.15) is 0 Å². The Morgan fingerprint density at radius 3 is 2.46 bits per heavy atom. The van der Waals surface area contributed by atoms with Crippen LogP contribution < -0.4 is 15.8 Å². The van der Waals surface area contributed by atoms with E-state index in [0.717, 1.165) is 34.5 Å². The average Bonchev–Trinajstić information content (AvgIpc) is 2.55. The van der Waals surface area contributed by atoms with Crippen molar-refractivity contribution in [1.82, 2.24) is 5.43 Å². The molecule has 0 saturated carbocycles. The van der Waals surface area contributed by atoms with Crippen LogP contribution in [0, 0.1) is 30.9 Å². The molecule has 0 fully saturated rings. The highest BCUT2D eigenvalue weighted by molar-refractivity contribution is 5.85. The van der Waals surface area contributed by atoms with Crippen molar-refractivity contribution in [3.63, 3.8) is 0 Å². The van der Waals surface area contributed by atoms with Gasteiger partial charge in [0.05, 0.1) is 17.7 Å². The molecule has 2 N–H and O–H groups in total. The predicted molar refractivity (Wildman–Crippen MR) is 97.4 cm³/mol. The summed E-state index contributed by atoms with van der Waals surface area (Å²) in [4.78, 5) is 21.9. The first kappa shape index (κ1) is 18.9. The third-order valence-corrected chi connectivity index (χ3v) is 3.69. The molecule has 0 spiro atoms. The zero-order valence-electron chi connectivity index (χ0n) is 14.7. The molecule has 8 heteroatoms. The van der Waals surface area contributed by atoms with Gasteiger partial charge >= 0.3 is 0 Å². The van der Waals surface area contributed by atoms with Crippen molar-refractivity contribution in [2.24, 2.45) is 5.10 Å². The first-order chi connectivity index (χ1) is 12.3. The molecule has 136 valence electrons. The summed E-state index contributed by atoms with van der Waals surface area (Å²) >= 11 is 0. The highest BCUT2D eigenvalue weighted by atomic mass is 16.6. The number of rotatable bonds is 6. The molecule has 26 heavy (non-hydrogen) atoms. The Morgan fingerprint density at radius 2 is 1.85 bits per heavy atom. The molecule has 1 amide bonds. The Labute approximate surface area is 150 Å². The summed E-state index contributed by atoms with van der Waals surface area (Å²) in [7, 11) is 0. The van der Waals surface area contributed by atoms with Crippen molar-refractivity contribution in [2.75, 3.05) is 11.9 Å². The molecule has 0 aromatic heterocycles. The van der Waals surface area contributed by atoms with E-state index in [4.69, 9.17) is 0 Å². The van der Waals surface area contributed by atoms with E-state index in [1.165, 1.54) is 12.3 Å². The number of aryl methyl sites for hydroxylation is 3. The Hall–Kier alpha value is -3.42. The lowest BCUT2D eigenvalue weighted by Gasteiger charge is -2.13. The van der Waals surface area contributed by atoms with Gasteiger partial charge in [-0.15, -0.1) is 0 Å². The van der Waals surface area contributed by atoms with Crippen LogP contribution in [0.4, 0.5) is 11.4 Å². The number of hydrazone groups is 1. The molecule has 0 bridgehead atoms. The number of anilines is 1. The van der Waals surface area contributed by atoms with Crippen molar-refractivity contribution in [2.45, 2.75) is 20.8 Å². The highest BCUT2D eigenvalue weighted by Gasteiger charge is 2.08. The molecule has 0 radical (unpaired) electrons. The van der Waals surface area contributed by atoms with Crippen molar-refractivity contribution < 1.29 is 14.8 Å². The number of carbonyl (C=O) groups is 1. The van der Waals surface area contributed by atoms with E-state index in [-0.39, 0.29) is 12.5 Å². The molecule has 0 unspecified atom stereocenters. The summed E-state index contributed by atoms with van der Waals surface area (Å²) in [6.07, 6.45) is 1.24. The number of amides is 1. The zero-order valence-corrected chi connectivity index (χ0v) is 14.7. The fraction of sp³-hybridized carbons (Fsp3) is 0.222. The van der Waals surface area contributed by atoms with E-state index < -0.39 is 16.4 Å². The molecule has 0 aliphatic carbocycles. The summed E-state index contributed by atoms with van der Waals surface area (Å²) < 4.78 is 0. The monoisotopic (exact) mass is 355 g/mol. The SMILES string of the molecule is Cc1cc(C)c(NCC(=O)N/N=C\c2ccc([O-])c([N+](=O)[O-])c2)c(C)c1. The second-order valence-electron chi connectivity index (χ2n) is 5.90. The molecule has 2 rings (SSSR count). The van der Waals surface area contributed by atoms with Gasteiger partial charge in [-0.3, -0.25) is 14.9 Å². The molecule has 8 nitrogen and oxygen atoms in total. The van der Waals surface area contributed by atoms with Gasteiger partial charge in [0.15, 0.2) is 0 Å². The zero-order chi connectivity index (χ0) is 19.3. The Bertz CT molecular complexity index is 854. The molecule has 2 aromatic carbocycles. The third-order valence-electron chi connectivity index (χ3n) is 3.69. The minimum Gasteiger partial charge on any atom is -0.868 e. The van der Waals surface area contributed by atoms with Crippen LogP contribution in [0.2, 0.25) is 0 Å². The maximum Gasteiger partial charge on any atom is 0.262 e. The Kier molecular flexibility index (Phi) is 5.90. The number of hydrogen-bond acceptors (Lipinski definition) is 6. The summed E-state index contributed by atoms with van der Waals surface area (Å²) in [5.41, 5.74) is 6.28. The lowest BCUT2D eigenvalue weighted by Crippen LogP contribution is -2.26. The van der Waals surface area contributed by atoms with Crippen molar-refractivity contribution in [1.29, 1.82) is 0 Å². The fourth-order valence-electron chi connectivity index (χ4n) is 2.60. The van der Waals surface area contributed by atoms with Crippen LogP contribution in [-0.4, -0.2) is 23.6 Å². The second kappa shape index (κ2) is 8.11. The van der Waals surface area contributed by atoms with Gasteiger partial charge < -0.3 is 10.4 Å². The van der Waals surface area contributed by atoms with Crippen LogP contribution in [0.25, 0.3) is 0 Å². The Morgan fingerprint density at radius 1 is 1.19 bits per heavy atom. The fourth-order valence-corrected chi connectivity index (χ4v) is 2.60. The quantitative estimate of drug-likeness (QED) is 0.467. The van der Waals surface area contributed by atoms with E-state index in [1.807, 2.05) is 32.9 Å². The van der Waals surface area contributed by atoms with Crippen LogP contribution in [0.15, 0.2) is 35.4 Å². The molecule has 0 aliphatic heterocycles. The summed E-state index contributed by atoms with van der Waals surface area (Å²) in [6.45, 7) is 5.96. The second-order valence-corrected chi connectivity index (χ2v) is 5.90. The van der Waals surface area contributed by atoms with Crippen LogP contribution in [0.5, 0.6) is 5.75 Å². The highest BCUT2D eigenvalue weighted by Crippen LogP contribution is 2.23. The number of hydrogen-bond donors (Lipinski definition) is 2. The van der Waals surface area contributed by atoms with Crippen LogP contribution in [0.1, 0.15) is 22.3 Å². The normalized spacial score (nSPS) is 10.7. The van der Waals surface area contributed by atoms with Crippen molar-refractivity contribution in [3.8, 4) is 5.75 Å². The molecular formula is C18H19N4O4-. The standard InChI is InChI=1S/C18H20N4O4/c1-11-6-12(2)18(13(3)7-11)19-10-17(24)21-20-9-14-4-5-16(23)15(8-14)22(25)26/h4-9,19,23H,10H2,1-3H3,(H,21,24)/p-1/b20-9-. The molecule has 0 saturated heterocycles. The van der Waals surface area contributed by atoms with Gasteiger partial charge in [-0.1, -0.05) is 29.8 Å². The number of nitrogens with zero attached hydrogens (tertiary/aromatic N) is 2. The maximum atomic E-state index is 11.9. The smallest absolute Gasteiger partial charge is 0.262 e. The largest absolute Gasteiger partial charge is 0.868 e. The number of nitro benzene ring substituents is 1. The van der Waals surface area contributed by atoms with E-state index >= 15 is 0 Å². The van der Waals surface area contributed by atoms with E-state index in [2.05, 4.69) is 15.8 Å². The Balaban J connectivity index is 1.94. The topological polar surface area (TPSA) is 120 Å². The summed E-state index contributed by atoms with van der Waals surface area (Å²) in [5.74, 6) is -1.04. The van der Waals surface area contributed by atoms with E-state index in [0.29, 0.717) is 5.56 Å². The van der Waals surface area contributed by atoms with Crippen LogP contribution >= 0.6 is 0 Å². The number of nitrogens with one attached hydrogen (secondary N) is 2. The lowest BCUT2D eigenvalue weighted by molar-refractivity contribution is -0.398. The number of carbonyl (C=O) groups excluding carboxylic acids is 1. The maximum absolute atomic E-state index is 11.9. The van der Waals surface area contributed by atoms with Crippen molar-refractivity contribution >= 4 is 23.5 Å². The van der Waals surface area contributed by atoms with Gasteiger partial charge in [-0.05, 0) is 37.6 Å². The molecular weight excluding hydrogens is 336 g/mol. The van der Waals surface area contributed by atoms with Gasteiger partial charge in [0.25, 0.3) is 11.6 Å². The third kappa shape index (κ3) is 4.79. The molecule has 2 aromatic rings. The molecule has 0 heterocycles. The lowest BCUT2D eigenvalue weighted by atomic mass is 10.1. The number of nitro groups is 1. The van der Waals surface area contributed by atoms with E-state index in [1.54, 1.807) is 0 Å². The number of benzene rings is 2. The van der Waals surface area contributed by atoms with Gasteiger partial charge in [0, 0.05) is 17.3 Å². The molecule has 0 atom stereocenters. The average molecular weight is 355 g/mol. The first-order valence-corrected chi connectivity index (χ1v) is 7.87. The molecule has 0 aliphatic rings. The summed E-state index contributed by atoms with van der Waals surface area (Å²) in [6, 6.07) is 7.64. The van der Waals surface area contributed by atoms with Crippen LogP contribution in [-0.2, 0) is 4.79 Å².